The van der Waals surface area contributed by atoms with Gasteiger partial charge in [0.1, 0.15) is 0 Å². The molecule has 0 bridgehead atoms. The van der Waals surface area contributed by atoms with Gasteiger partial charge in [-0.05, 0) is 33.6 Å². The summed E-state index contributed by atoms with van der Waals surface area (Å²) in [6, 6.07) is 0. The Morgan fingerprint density at radius 1 is 1.31 bits per heavy atom. The first kappa shape index (κ1) is 13.5. The molecule has 94 valence electrons. The molecule has 0 amide bonds. The van der Waals surface area contributed by atoms with Crippen molar-refractivity contribution in [3.05, 3.63) is 0 Å². The van der Waals surface area contributed by atoms with Gasteiger partial charge in [0, 0.05) is 12.5 Å². The molecule has 2 N–H and O–H groups in total. The van der Waals surface area contributed by atoms with E-state index in [0.717, 1.165) is 12.4 Å². The molecule has 0 saturated heterocycles. The average molecular weight is 226 g/mol. The standard InChI is InChI=1S/C13H26N2O/c1-4-16-13(2,3)10-15-12(14)11-8-6-5-7-9-11/h11H,4-10H2,1-3H3,(H2,14,15). The summed E-state index contributed by atoms with van der Waals surface area (Å²) in [6.07, 6.45) is 6.38. The molecule has 0 aliphatic heterocycles. The topological polar surface area (TPSA) is 47.6 Å². The number of hydrogen-bond donors (Lipinski definition) is 1. The summed E-state index contributed by atoms with van der Waals surface area (Å²) in [6.45, 7) is 7.54. The van der Waals surface area contributed by atoms with Gasteiger partial charge in [-0.25, -0.2) is 0 Å². The Balaban J connectivity index is 2.42. The van der Waals surface area contributed by atoms with Crippen molar-refractivity contribution >= 4 is 5.84 Å². The molecule has 0 aromatic carbocycles. The zero-order chi connectivity index (χ0) is 12.0. The Hall–Kier alpha value is -0.570. The fraction of sp³-hybridized carbons (Fsp3) is 0.923. The molecule has 1 aliphatic carbocycles. The van der Waals surface area contributed by atoms with Gasteiger partial charge in [0.2, 0.25) is 0 Å². The molecule has 3 heteroatoms. The highest BCUT2D eigenvalue weighted by molar-refractivity contribution is 5.82. The Morgan fingerprint density at radius 3 is 2.50 bits per heavy atom. The number of hydrogen-bond acceptors (Lipinski definition) is 2. The lowest BCUT2D eigenvalue weighted by Crippen LogP contribution is -2.32. The highest BCUT2D eigenvalue weighted by atomic mass is 16.5. The fourth-order valence-electron chi connectivity index (χ4n) is 2.25. The summed E-state index contributed by atoms with van der Waals surface area (Å²) < 4.78 is 5.60. The van der Waals surface area contributed by atoms with Crippen LogP contribution in [0.1, 0.15) is 52.9 Å². The van der Waals surface area contributed by atoms with Crippen molar-refractivity contribution in [3.63, 3.8) is 0 Å². The molecule has 1 saturated carbocycles. The van der Waals surface area contributed by atoms with Gasteiger partial charge >= 0.3 is 0 Å². The van der Waals surface area contributed by atoms with Crippen LogP contribution in [0.4, 0.5) is 0 Å². The lowest BCUT2D eigenvalue weighted by atomic mass is 9.88. The molecule has 0 aromatic rings. The number of ether oxygens (including phenoxy) is 1. The van der Waals surface area contributed by atoms with Crippen molar-refractivity contribution in [2.24, 2.45) is 16.6 Å². The Morgan fingerprint density at radius 2 is 1.94 bits per heavy atom. The van der Waals surface area contributed by atoms with Crippen molar-refractivity contribution in [2.75, 3.05) is 13.2 Å². The second-order valence-corrected chi connectivity index (χ2v) is 5.27. The van der Waals surface area contributed by atoms with Gasteiger partial charge < -0.3 is 10.5 Å². The number of nitrogens with two attached hydrogens (primary N) is 1. The average Bonchev–Trinajstić information content (AvgIpc) is 2.27. The van der Waals surface area contributed by atoms with Crippen LogP contribution in [-0.4, -0.2) is 24.6 Å². The smallest absolute Gasteiger partial charge is 0.0969 e. The van der Waals surface area contributed by atoms with Crippen LogP contribution >= 0.6 is 0 Å². The minimum atomic E-state index is -0.186. The molecule has 3 nitrogen and oxygen atoms in total. The van der Waals surface area contributed by atoms with Crippen molar-refractivity contribution in [2.45, 2.75) is 58.5 Å². The lowest BCUT2D eigenvalue weighted by Gasteiger charge is -2.25. The normalized spacial score (nSPS) is 20.1. The van der Waals surface area contributed by atoms with Crippen molar-refractivity contribution in [1.29, 1.82) is 0 Å². The van der Waals surface area contributed by atoms with E-state index in [1.165, 1.54) is 32.1 Å². The maximum Gasteiger partial charge on any atom is 0.0969 e. The molecule has 1 rings (SSSR count). The molecular weight excluding hydrogens is 200 g/mol. The highest BCUT2D eigenvalue weighted by Gasteiger charge is 2.20. The molecule has 0 atom stereocenters. The van der Waals surface area contributed by atoms with E-state index in [4.69, 9.17) is 10.5 Å². The molecule has 0 aromatic heterocycles. The molecule has 16 heavy (non-hydrogen) atoms. The third-order valence-corrected chi connectivity index (χ3v) is 3.20. The van der Waals surface area contributed by atoms with Gasteiger partial charge in [0.25, 0.3) is 0 Å². The largest absolute Gasteiger partial charge is 0.387 e. The van der Waals surface area contributed by atoms with E-state index >= 15 is 0 Å². The number of nitrogens with zero attached hydrogens (tertiary/aromatic N) is 1. The predicted molar refractivity (Wildman–Crippen MR) is 68.8 cm³/mol. The number of amidine groups is 1. The monoisotopic (exact) mass is 226 g/mol. The first-order chi connectivity index (χ1) is 7.55. The molecule has 0 radical (unpaired) electrons. The minimum absolute atomic E-state index is 0.186. The van der Waals surface area contributed by atoms with E-state index < -0.39 is 0 Å². The summed E-state index contributed by atoms with van der Waals surface area (Å²) >= 11 is 0. The number of rotatable bonds is 5. The Kier molecular flexibility index (Phi) is 5.26. The van der Waals surface area contributed by atoms with Crippen LogP contribution in [0.25, 0.3) is 0 Å². The molecular formula is C13H26N2O. The zero-order valence-corrected chi connectivity index (χ0v) is 11.0. The summed E-state index contributed by atoms with van der Waals surface area (Å²) in [4.78, 5) is 4.51. The molecule has 0 unspecified atom stereocenters. The maximum atomic E-state index is 6.05. The summed E-state index contributed by atoms with van der Waals surface area (Å²) in [5.74, 6) is 1.36. The Labute approximate surface area is 99.5 Å². The van der Waals surface area contributed by atoms with Gasteiger partial charge in [-0.15, -0.1) is 0 Å². The van der Waals surface area contributed by atoms with Gasteiger partial charge in [-0.1, -0.05) is 19.3 Å². The van der Waals surface area contributed by atoms with Crippen LogP contribution in [0.15, 0.2) is 4.99 Å². The summed E-state index contributed by atoms with van der Waals surface area (Å²) in [5, 5.41) is 0. The van der Waals surface area contributed by atoms with Crippen LogP contribution < -0.4 is 5.73 Å². The third kappa shape index (κ3) is 4.52. The van der Waals surface area contributed by atoms with E-state index in [9.17, 15) is 0 Å². The van der Waals surface area contributed by atoms with E-state index in [-0.39, 0.29) is 5.60 Å². The van der Waals surface area contributed by atoms with E-state index in [0.29, 0.717) is 12.5 Å². The SMILES string of the molecule is CCOC(C)(C)CN=C(N)C1CCCCC1. The van der Waals surface area contributed by atoms with Crippen LogP contribution in [-0.2, 0) is 4.74 Å². The Bertz CT molecular complexity index is 230. The maximum absolute atomic E-state index is 6.05. The van der Waals surface area contributed by atoms with Crippen LogP contribution in [0, 0.1) is 5.92 Å². The van der Waals surface area contributed by atoms with E-state index in [1.54, 1.807) is 0 Å². The molecule has 1 aliphatic rings. The zero-order valence-electron chi connectivity index (χ0n) is 11.0. The van der Waals surface area contributed by atoms with Crippen LogP contribution in [0.5, 0.6) is 0 Å². The first-order valence-corrected chi connectivity index (χ1v) is 6.49. The van der Waals surface area contributed by atoms with Crippen LogP contribution in [0.2, 0.25) is 0 Å². The quantitative estimate of drug-likeness (QED) is 0.579. The number of aliphatic imine (C=N–C) groups is 1. The van der Waals surface area contributed by atoms with Crippen molar-refractivity contribution < 1.29 is 4.74 Å². The summed E-state index contributed by atoms with van der Waals surface area (Å²) in [5.41, 5.74) is 5.86. The minimum Gasteiger partial charge on any atom is -0.387 e. The third-order valence-electron chi connectivity index (χ3n) is 3.20. The highest BCUT2D eigenvalue weighted by Crippen LogP contribution is 2.23. The van der Waals surface area contributed by atoms with Crippen molar-refractivity contribution in [1.82, 2.24) is 0 Å². The van der Waals surface area contributed by atoms with Crippen LogP contribution in [0.3, 0.4) is 0 Å². The van der Waals surface area contributed by atoms with Gasteiger partial charge in [0.15, 0.2) is 0 Å². The van der Waals surface area contributed by atoms with E-state index in [1.807, 2.05) is 6.92 Å². The fourth-order valence-corrected chi connectivity index (χ4v) is 2.25. The van der Waals surface area contributed by atoms with Gasteiger partial charge in [-0.3, -0.25) is 4.99 Å². The molecule has 1 fully saturated rings. The molecule has 0 spiro atoms. The first-order valence-electron chi connectivity index (χ1n) is 6.49. The van der Waals surface area contributed by atoms with Crippen molar-refractivity contribution in [3.8, 4) is 0 Å². The summed E-state index contributed by atoms with van der Waals surface area (Å²) in [7, 11) is 0. The van der Waals surface area contributed by atoms with Gasteiger partial charge in [-0.2, -0.15) is 0 Å². The lowest BCUT2D eigenvalue weighted by molar-refractivity contribution is -0.00219. The van der Waals surface area contributed by atoms with Gasteiger partial charge in [0.05, 0.1) is 18.0 Å². The predicted octanol–water partition coefficient (Wildman–Crippen LogP) is 2.74. The second kappa shape index (κ2) is 6.24. The second-order valence-electron chi connectivity index (χ2n) is 5.27. The van der Waals surface area contributed by atoms with E-state index in [2.05, 4.69) is 18.8 Å². The molecule has 0 heterocycles.